The molecule has 1 fully saturated rings. The van der Waals surface area contributed by atoms with Crippen molar-refractivity contribution in [3.05, 3.63) is 54.1 Å². The Kier molecular flexibility index (Phi) is 5.59. The zero-order valence-corrected chi connectivity index (χ0v) is 16.7. The molecule has 0 aliphatic carbocycles. The number of amides is 2. The molecule has 0 atom stereocenters. The highest BCUT2D eigenvalue weighted by Crippen LogP contribution is 2.32. The fourth-order valence-corrected chi connectivity index (χ4v) is 3.48. The van der Waals surface area contributed by atoms with Gasteiger partial charge < -0.3 is 19.9 Å². The van der Waals surface area contributed by atoms with Crippen molar-refractivity contribution in [2.75, 3.05) is 43.5 Å². The van der Waals surface area contributed by atoms with Gasteiger partial charge in [-0.2, -0.15) is 0 Å². The number of ether oxygens (including phenoxy) is 1. The number of rotatable bonds is 3. The Hall–Kier alpha value is -2.69. The Balaban J connectivity index is 1.65. The van der Waals surface area contributed by atoms with Crippen molar-refractivity contribution in [2.45, 2.75) is 26.2 Å². The van der Waals surface area contributed by atoms with E-state index < -0.39 is 0 Å². The number of piperazine rings is 1. The lowest BCUT2D eigenvalue weighted by Gasteiger charge is -2.38. The van der Waals surface area contributed by atoms with Crippen molar-refractivity contribution in [1.29, 1.82) is 0 Å². The van der Waals surface area contributed by atoms with Crippen molar-refractivity contribution in [1.82, 2.24) is 4.90 Å². The summed E-state index contributed by atoms with van der Waals surface area (Å²) in [5, 5.41) is 2.96. The molecule has 5 heteroatoms. The Morgan fingerprint density at radius 2 is 1.59 bits per heavy atom. The fourth-order valence-electron chi connectivity index (χ4n) is 3.48. The van der Waals surface area contributed by atoms with E-state index in [4.69, 9.17) is 4.74 Å². The highest BCUT2D eigenvalue weighted by molar-refractivity contribution is 5.91. The van der Waals surface area contributed by atoms with Crippen LogP contribution in [-0.4, -0.2) is 44.2 Å². The van der Waals surface area contributed by atoms with E-state index in [0.717, 1.165) is 13.1 Å². The van der Waals surface area contributed by atoms with Gasteiger partial charge in [0, 0.05) is 31.9 Å². The van der Waals surface area contributed by atoms with Crippen LogP contribution in [0.5, 0.6) is 5.75 Å². The average molecular weight is 367 g/mol. The van der Waals surface area contributed by atoms with Crippen LogP contribution in [0.1, 0.15) is 26.3 Å². The highest BCUT2D eigenvalue weighted by Gasteiger charge is 2.25. The van der Waals surface area contributed by atoms with E-state index >= 15 is 0 Å². The number of nitrogens with zero attached hydrogens (tertiary/aromatic N) is 2. The Bertz CT molecular complexity index is 790. The lowest BCUT2D eigenvalue weighted by atomic mass is 9.85. The number of benzene rings is 2. The van der Waals surface area contributed by atoms with Crippen LogP contribution in [0.4, 0.5) is 16.2 Å². The molecule has 2 aromatic rings. The first kappa shape index (κ1) is 19.1. The van der Waals surface area contributed by atoms with Gasteiger partial charge in [-0.25, -0.2) is 4.79 Å². The molecule has 1 saturated heterocycles. The molecular formula is C22H29N3O2. The van der Waals surface area contributed by atoms with Gasteiger partial charge in [0.1, 0.15) is 5.75 Å². The maximum absolute atomic E-state index is 12.6. The maximum atomic E-state index is 12.6. The van der Waals surface area contributed by atoms with Gasteiger partial charge in [0.15, 0.2) is 0 Å². The third kappa shape index (κ3) is 4.35. The van der Waals surface area contributed by atoms with Crippen LogP contribution in [-0.2, 0) is 5.41 Å². The number of para-hydroxylation sites is 3. The van der Waals surface area contributed by atoms with E-state index in [2.05, 4.69) is 55.3 Å². The average Bonchev–Trinajstić information content (AvgIpc) is 2.68. The van der Waals surface area contributed by atoms with Crippen molar-refractivity contribution in [3.8, 4) is 5.75 Å². The zero-order valence-electron chi connectivity index (χ0n) is 16.7. The first-order valence-electron chi connectivity index (χ1n) is 9.43. The van der Waals surface area contributed by atoms with E-state index in [0.29, 0.717) is 24.5 Å². The van der Waals surface area contributed by atoms with Crippen LogP contribution >= 0.6 is 0 Å². The van der Waals surface area contributed by atoms with E-state index in [1.54, 1.807) is 7.11 Å². The van der Waals surface area contributed by atoms with Crippen LogP contribution < -0.4 is 15.0 Å². The fraction of sp³-hybridized carbons (Fsp3) is 0.409. The molecule has 1 heterocycles. The van der Waals surface area contributed by atoms with Crippen molar-refractivity contribution in [2.24, 2.45) is 0 Å². The van der Waals surface area contributed by atoms with Crippen molar-refractivity contribution < 1.29 is 9.53 Å². The standard InChI is InChI=1S/C22H29N3O2/c1-22(2,3)17-9-5-7-11-19(17)24-13-15-25(16-14-24)21(26)23-18-10-6-8-12-20(18)27-4/h5-12H,13-16H2,1-4H3,(H,23,26). The van der Waals surface area contributed by atoms with Gasteiger partial charge >= 0.3 is 6.03 Å². The SMILES string of the molecule is COc1ccccc1NC(=O)N1CCN(c2ccccc2C(C)(C)C)CC1. The molecule has 27 heavy (non-hydrogen) atoms. The van der Waals surface area contributed by atoms with Crippen molar-refractivity contribution in [3.63, 3.8) is 0 Å². The molecule has 0 saturated carbocycles. The van der Waals surface area contributed by atoms with Crippen LogP contribution in [0.3, 0.4) is 0 Å². The Morgan fingerprint density at radius 1 is 0.963 bits per heavy atom. The van der Waals surface area contributed by atoms with Gasteiger partial charge in [-0.15, -0.1) is 0 Å². The van der Waals surface area contributed by atoms with Gasteiger partial charge in [0.2, 0.25) is 0 Å². The van der Waals surface area contributed by atoms with Crippen LogP contribution in [0, 0.1) is 0 Å². The number of nitrogens with one attached hydrogen (secondary N) is 1. The first-order valence-corrected chi connectivity index (χ1v) is 9.43. The normalized spacial score (nSPS) is 14.8. The molecule has 2 aromatic carbocycles. The number of urea groups is 1. The largest absolute Gasteiger partial charge is 0.495 e. The van der Waals surface area contributed by atoms with Gasteiger partial charge in [-0.3, -0.25) is 0 Å². The van der Waals surface area contributed by atoms with Crippen molar-refractivity contribution >= 4 is 17.4 Å². The molecule has 144 valence electrons. The van der Waals surface area contributed by atoms with Crippen LogP contribution in [0.25, 0.3) is 0 Å². The van der Waals surface area contributed by atoms with E-state index in [9.17, 15) is 4.79 Å². The van der Waals surface area contributed by atoms with Gasteiger partial charge in [-0.1, -0.05) is 51.1 Å². The molecule has 1 N–H and O–H groups in total. The molecule has 0 radical (unpaired) electrons. The Labute approximate surface area is 161 Å². The molecule has 0 bridgehead atoms. The second-order valence-electron chi connectivity index (χ2n) is 7.87. The maximum Gasteiger partial charge on any atom is 0.322 e. The second-order valence-corrected chi connectivity index (χ2v) is 7.87. The number of carbonyl (C=O) groups excluding carboxylic acids is 1. The van der Waals surface area contributed by atoms with Crippen LogP contribution in [0.2, 0.25) is 0 Å². The minimum Gasteiger partial charge on any atom is -0.495 e. The van der Waals surface area contributed by atoms with Crippen LogP contribution in [0.15, 0.2) is 48.5 Å². The quantitative estimate of drug-likeness (QED) is 0.877. The summed E-state index contributed by atoms with van der Waals surface area (Å²) in [6.45, 7) is 9.76. The van der Waals surface area contributed by atoms with Gasteiger partial charge in [0.05, 0.1) is 12.8 Å². The lowest BCUT2D eigenvalue weighted by Crippen LogP contribution is -2.50. The van der Waals surface area contributed by atoms with E-state index in [-0.39, 0.29) is 11.4 Å². The number of anilines is 2. The zero-order chi connectivity index (χ0) is 19.4. The topological polar surface area (TPSA) is 44.8 Å². The molecule has 0 unspecified atom stereocenters. The third-order valence-corrected chi connectivity index (χ3v) is 4.97. The molecule has 1 aliphatic heterocycles. The second kappa shape index (κ2) is 7.91. The third-order valence-electron chi connectivity index (χ3n) is 4.97. The Morgan fingerprint density at radius 3 is 2.26 bits per heavy atom. The highest BCUT2D eigenvalue weighted by atomic mass is 16.5. The van der Waals surface area contributed by atoms with E-state index in [1.807, 2.05) is 29.2 Å². The van der Waals surface area contributed by atoms with Gasteiger partial charge in [0.25, 0.3) is 0 Å². The first-order chi connectivity index (χ1) is 12.9. The molecule has 2 amide bonds. The molecule has 5 nitrogen and oxygen atoms in total. The summed E-state index contributed by atoms with van der Waals surface area (Å²) in [5.41, 5.74) is 3.41. The molecule has 0 aromatic heterocycles. The predicted molar refractivity (Wildman–Crippen MR) is 111 cm³/mol. The summed E-state index contributed by atoms with van der Waals surface area (Å²) in [6.07, 6.45) is 0. The minimum absolute atomic E-state index is 0.0803. The molecule has 0 spiro atoms. The minimum atomic E-state index is -0.0803. The smallest absolute Gasteiger partial charge is 0.322 e. The molecular weight excluding hydrogens is 338 g/mol. The monoisotopic (exact) mass is 367 g/mol. The number of methoxy groups -OCH3 is 1. The number of carbonyl (C=O) groups is 1. The van der Waals surface area contributed by atoms with E-state index in [1.165, 1.54) is 11.3 Å². The summed E-state index contributed by atoms with van der Waals surface area (Å²) in [5.74, 6) is 0.670. The summed E-state index contributed by atoms with van der Waals surface area (Å²) >= 11 is 0. The lowest BCUT2D eigenvalue weighted by molar-refractivity contribution is 0.208. The molecule has 1 aliphatic rings. The number of hydrogen-bond donors (Lipinski definition) is 1. The number of hydrogen-bond acceptors (Lipinski definition) is 3. The summed E-state index contributed by atoms with van der Waals surface area (Å²) in [6, 6.07) is 16.0. The summed E-state index contributed by atoms with van der Waals surface area (Å²) < 4.78 is 5.31. The molecule has 3 rings (SSSR count). The summed E-state index contributed by atoms with van der Waals surface area (Å²) in [7, 11) is 1.61. The predicted octanol–water partition coefficient (Wildman–Crippen LogP) is 4.35. The summed E-state index contributed by atoms with van der Waals surface area (Å²) in [4.78, 5) is 16.9. The van der Waals surface area contributed by atoms with Gasteiger partial charge in [-0.05, 0) is 29.2 Å².